The molecule has 2 aromatic rings. The lowest BCUT2D eigenvalue weighted by molar-refractivity contribution is -0.119. The summed E-state index contributed by atoms with van der Waals surface area (Å²) in [6, 6.07) is 14.3. The first-order chi connectivity index (χ1) is 10.2. The molecular weight excluding hydrogens is 260 g/mol. The van der Waals surface area contributed by atoms with E-state index < -0.39 is 0 Å². The molecule has 2 aromatic carbocycles. The lowest BCUT2D eigenvalue weighted by Gasteiger charge is -2.24. The van der Waals surface area contributed by atoms with Gasteiger partial charge in [-0.1, -0.05) is 36.4 Å². The molecule has 1 fully saturated rings. The predicted molar refractivity (Wildman–Crippen MR) is 87.3 cm³/mol. The summed E-state index contributed by atoms with van der Waals surface area (Å²) in [6.45, 7) is 2.69. The fourth-order valence-corrected chi connectivity index (χ4v) is 2.93. The van der Waals surface area contributed by atoms with Crippen LogP contribution < -0.4 is 10.6 Å². The van der Waals surface area contributed by atoms with Crippen LogP contribution in [-0.2, 0) is 4.79 Å². The first-order valence-electron chi connectivity index (χ1n) is 7.74. The van der Waals surface area contributed by atoms with Gasteiger partial charge in [-0.15, -0.1) is 0 Å². The van der Waals surface area contributed by atoms with Gasteiger partial charge in [-0.2, -0.15) is 0 Å². The predicted octanol–water partition coefficient (Wildman–Crippen LogP) is 3.32. The van der Waals surface area contributed by atoms with Crippen molar-refractivity contribution in [3.63, 3.8) is 0 Å². The van der Waals surface area contributed by atoms with Crippen LogP contribution in [0.4, 0.5) is 5.69 Å². The zero-order valence-corrected chi connectivity index (χ0v) is 12.5. The van der Waals surface area contributed by atoms with Crippen LogP contribution in [-0.4, -0.2) is 18.5 Å². The molecular formula is C18H22N2O. The average Bonchev–Trinajstić information content (AvgIpc) is 3.33. The molecule has 3 nitrogen and oxygen atoms in total. The van der Waals surface area contributed by atoms with Crippen molar-refractivity contribution in [1.82, 2.24) is 0 Å². The number of fused-ring (bicyclic) bond motifs is 1. The Labute approximate surface area is 125 Å². The van der Waals surface area contributed by atoms with Gasteiger partial charge in [-0.05, 0) is 37.1 Å². The van der Waals surface area contributed by atoms with Crippen molar-refractivity contribution in [2.45, 2.75) is 32.2 Å². The third-order valence-corrected chi connectivity index (χ3v) is 4.31. The quantitative estimate of drug-likeness (QED) is 0.914. The molecule has 0 bridgehead atoms. The van der Waals surface area contributed by atoms with Gasteiger partial charge >= 0.3 is 0 Å². The Balaban J connectivity index is 1.88. The van der Waals surface area contributed by atoms with E-state index >= 15 is 0 Å². The summed E-state index contributed by atoms with van der Waals surface area (Å²) < 4.78 is 0. The molecule has 0 aliphatic heterocycles. The molecule has 0 aromatic heterocycles. The highest BCUT2D eigenvalue weighted by Crippen LogP contribution is 2.34. The van der Waals surface area contributed by atoms with Gasteiger partial charge in [0.15, 0.2) is 0 Å². The molecule has 2 N–H and O–H groups in total. The summed E-state index contributed by atoms with van der Waals surface area (Å²) in [4.78, 5) is 14.5. The topological polar surface area (TPSA) is 46.3 Å². The van der Waals surface area contributed by atoms with Gasteiger partial charge in [0.25, 0.3) is 0 Å². The standard InChI is InChI=1S/C18H22N2O/c1-2-20(18(21)12-16(19)14-10-11-14)17-9-5-7-13-6-3-4-8-15(13)17/h3-9,14,16H,2,10-12,19H2,1H3. The highest BCUT2D eigenvalue weighted by atomic mass is 16.2. The monoisotopic (exact) mass is 282 g/mol. The summed E-state index contributed by atoms with van der Waals surface area (Å²) in [7, 11) is 0. The smallest absolute Gasteiger partial charge is 0.228 e. The van der Waals surface area contributed by atoms with Gasteiger partial charge in [0.2, 0.25) is 5.91 Å². The van der Waals surface area contributed by atoms with E-state index in [9.17, 15) is 4.79 Å². The molecule has 1 aliphatic carbocycles. The molecule has 0 radical (unpaired) electrons. The van der Waals surface area contributed by atoms with Crippen LogP contribution in [0.2, 0.25) is 0 Å². The minimum absolute atomic E-state index is 0.0153. The van der Waals surface area contributed by atoms with E-state index in [1.807, 2.05) is 36.1 Å². The Morgan fingerprint density at radius 2 is 1.95 bits per heavy atom. The highest BCUT2D eigenvalue weighted by Gasteiger charge is 2.31. The molecule has 0 spiro atoms. The molecule has 0 saturated heterocycles. The van der Waals surface area contributed by atoms with Gasteiger partial charge in [-0.3, -0.25) is 4.79 Å². The Hall–Kier alpha value is -1.87. The summed E-state index contributed by atoms with van der Waals surface area (Å²) in [5.74, 6) is 0.688. The van der Waals surface area contributed by atoms with Gasteiger partial charge < -0.3 is 10.6 Å². The Bertz CT molecular complexity index is 643. The SMILES string of the molecule is CCN(C(=O)CC(N)C1CC1)c1cccc2ccccc12. The van der Waals surface area contributed by atoms with Gasteiger partial charge in [0, 0.05) is 24.4 Å². The molecule has 21 heavy (non-hydrogen) atoms. The number of amides is 1. The number of hydrogen-bond donors (Lipinski definition) is 1. The largest absolute Gasteiger partial charge is 0.327 e. The first kappa shape index (κ1) is 14.1. The maximum atomic E-state index is 12.6. The van der Waals surface area contributed by atoms with Crippen LogP contribution in [0.3, 0.4) is 0 Å². The minimum atomic E-state index is 0.0153. The van der Waals surface area contributed by atoms with Gasteiger partial charge in [-0.25, -0.2) is 0 Å². The summed E-state index contributed by atoms with van der Waals surface area (Å²) in [5, 5.41) is 2.28. The van der Waals surface area contributed by atoms with E-state index in [2.05, 4.69) is 18.2 Å². The number of carbonyl (C=O) groups is 1. The van der Waals surface area contributed by atoms with Crippen molar-refractivity contribution in [2.75, 3.05) is 11.4 Å². The van der Waals surface area contributed by atoms with E-state index in [4.69, 9.17) is 5.73 Å². The first-order valence-corrected chi connectivity index (χ1v) is 7.74. The maximum Gasteiger partial charge on any atom is 0.228 e. The number of carbonyl (C=O) groups excluding carboxylic acids is 1. The fourth-order valence-electron chi connectivity index (χ4n) is 2.93. The maximum absolute atomic E-state index is 12.6. The normalized spacial score (nSPS) is 15.9. The molecule has 1 saturated carbocycles. The van der Waals surface area contributed by atoms with Crippen LogP contribution in [0.15, 0.2) is 42.5 Å². The van der Waals surface area contributed by atoms with Crippen molar-refractivity contribution >= 4 is 22.4 Å². The summed E-state index contributed by atoms with van der Waals surface area (Å²) >= 11 is 0. The van der Waals surface area contributed by atoms with Crippen molar-refractivity contribution in [3.8, 4) is 0 Å². The average molecular weight is 282 g/mol. The van der Waals surface area contributed by atoms with Crippen LogP contribution >= 0.6 is 0 Å². The number of nitrogens with two attached hydrogens (primary N) is 1. The van der Waals surface area contributed by atoms with Crippen molar-refractivity contribution in [2.24, 2.45) is 11.7 Å². The number of nitrogens with zero attached hydrogens (tertiary/aromatic N) is 1. The molecule has 1 amide bonds. The van der Waals surface area contributed by atoms with E-state index in [0.29, 0.717) is 18.9 Å². The second-order valence-electron chi connectivity index (χ2n) is 5.84. The molecule has 3 heteroatoms. The molecule has 0 heterocycles. The van der Waals surface area contributed by atoms with E-state index in [1.54, 1.807) is 0 Å². The molecule has 3 rings (SSSR count). The number of anilines is 1. The van der Waals surface area contributed by atoms with E-state index in [-0.39, 0.29) is 11.9 Å². The van der Waals surface area contributed by atoms with Crippen molar-refractivity contribution in [3.05, 3.63) is 42.5 Å². The van der Waals surface area contributed by atoms with Crippen LogP contribution in [0.5, 0.6) is 0 Å². The number of hydrogen-bond acceptors (Lipinski definition) is 2. The Morgan fingerprint density at radius 3 is 2.67 bits per heavy atom. The second-order valence-corrected chi connectivity index (χ2v) is 5.84. The number of benzene rings is 2. The summed E-state index contributed by atoms with van der Waals surface area (Å²) in [5.41, 5.74) is 7.11. The van der Waals surface area contributed by atoms with Gasteiger partial charge in [0.1, 0.15) is 0 Å². The minimum Gasteiger partial charge on any atom is -0.327 e. The highest BCUT2D eigenvalue weighted by molar-refractivity contribution is 6.03. The van der Waals surface area contributed by atoms with Crippen LogP contribution in [0.25, 0.3) is 10.8 Å². The zero-order chi connectivity index (χ0) is 14.8. The van der Waals surface area contributed by atoms with Crippen molar-refractivity contribution in [1.29, 1.82) is 0 Å². The third-order valence-electron chi connectivity index (χ3n) is 4.31. The lowest BCUT2D eigenvalue weighted by Crippen LogP contribution is -2.36. The Morgan fingerprint density at radius 1 is 1.24 bits per heavy atom. The van der Waals surface area contributed by atoms with E-state index in [0.717, 1.165) is 16.5 Å². The Kier molecular flexibility index (Phi) is 3.93. The van der Waals surface area contributed by atoms with Crippen molar-refractivity contribution < 1.29 is 4.79 Å². The second kappa shape index (κ2) is 5.86. The van der Waals surface area contributed by atoms with Crippen LogP contribution in [0, 0.1) is 5.92 Å². The molecule has 110 valence electrons. The van der Waals surface area contributed by atoms with Crippen LogP contribution in [0.1, 0.15) is 26.2 Å². The number of rotatable bonds is 5. The molecule has 1 atom stereocenters. The van der Waals surface area contributed by atoms with Gasteiger partial charge in [0.05, 0.1) is 5.69 Å². The van der Waals surface area contributed by atoms with E-state index in [1.165, 1.54) is 12.8 Å². The molecule has 1 aliphatic rings. The lowest BCUT2D eigenvalue weighted by atomic mass is 10.1. The molecule has 1 unspecified atom stereocenters. The zero-order valence-electron chi connectivity index (χ0n) is 12.5. The third kappa shape index (κ3) is 2.93. The fraction of sp³-hybridized carbons (Fsp3) is 0.389. The summed E-state index contributed by atoms with van der Waals surface area (Å²) in [6.07, 6.45) is 2.80.